The fourth-order valence-electron chi connectivity index (χ4n) is 2.67. The molecule has 3 unspecified atom stereocenters. The number of methoxy groups -OCH3 is 1. The number of hydrogen-bond donors (Lipinski definition) is 0. The van der Waals surface area contributed by atoms with Gasteiger partial charge in [0.2, 0.25) is 0 Å². The quantitative estimate of drug-likeness (QED) is 0.790. The predicted molar refractivity (Wildman–Crippen MR) is 71.7 cm³/mol. The van der Waals surface area contributed by atoms with E-state index in [1.807, 2.05) is 25.6 Å². The van der Waals surface area contributed by atoms with E-state index in [1.165, 1.54) is 0 Å². The lowest BCUT2D eigenvalue weighted by atomic mass is 9.92. The van der Waals surface area contributed by atoms with Gasteiger partial charge >= 0.3 is 0 Å². The van der Waals surface area contributed by atoms with Crippen LogP contribution in [0.25, 0.3) is 0 Å². The molecule has 0 amide bonds. The summed E-state index contributed by atoms with van der Waals surface area (Å²) in [5.74, 6) is 0.803. The molecule has 0 aromatic rings. The summed E-state index contributed by atoms with van der Waals surface area (Å²) in [7, 11) is 1.75. The van der Waals surface area contributed by atoms with Gasteiger partial charge in [-0.05, 0) is 19.6 Å². The Hall–Kier alpha value is 0.190. The molecule has 18 heavy (non-hydrogen) atoms. The van der Waals surface area contributed by atoms with Crippen molar-refractivity contribution in [1.29, 1.82) is 0 Å². The van der Waals surface area contributed by atoms with Crippen molar-refractivity contribution in [3.63, 3.8) is 0 Å². The number of fused-ring (bicyclic) bond motifs is 1. The zero-order valence-corrected chi connectivity index (χ0v) is 12.7. The fraction of sp³-hybridized carbons (Fsp3) is 1.00. The van der Waals surface area contributed by atoms with E-state index < -0.39 is 5.79 Å². The third kappa shape index (κ3) is 2.85. The molecule has 2 fully saturated rings. The van der Waals surface area contributed by atoms with Gasteiger partial charge in [0.1, 0.15) is 17.6 Å². The van der Waals surface area contributed by atoms with Crippen LogP contribution in [0.15, 0.2) is 0 Å². The van der Waals surface area contributed by atoms with Gasteiger partial charge in [0.25, 0.3) is 0 Å². The first-order valence-corrected chi connectivity index (χ1v) is 7.65. The lowest BCUT2D eigenvalue weighted by Crippen LogP contribution is -2.61. The van der Waals surface area contributed by atoms with E-state index >= 15 is 0 Å². The van der Waals surface area contributed by atoms with Gasteiger partial charge in [-0.2, -0.15) is 0 Å². The van der Waals surface area contributed by atoms with Crippen LogP contribution in [-0.2, 0) is 18.9 Å². The molecule has 0 radical (unpaired) electrons. The van der Waals surface area contributed by atoms with Crippen molar-refractivity contribution in [3.05, 3.63) is 0 Å². The minimum Gasteiger partial charge on any atom is -0.378 e. The molecule has 2 aliphatic heterocycles. The molecule has 0 aromatic carbocycles. The summed E-state index contributed by atoms with van der Waals surface area (Å²) in [6.07, 6.45) is 0.00153. The molecule has 5 heteroatoms. The van der Waals surface area contributed by atoms with Crippen molar-refractivity contribution in [1.82, 2.24) is 0 Å². The van der Waals surface area contributed by atoms with Crippen LogP contribution in [0.2, 0.25) is 0 Å². The molecule has 5 atom stereocenters. The fourth-order valence-corrected chi connectivity index (χ4v) is 3.67. The molecule has 0 bridgehead atoms. The van der Waals surface area contributed by atoms with Crippen LogP contribution in [-0.4, -0.2) is 49.0 Å². The van der Waals surface area contributed by atoms with Crippen molar-refractivity contribution in [3.8, 4) is 0 Å². The molecule has 2 rings (SSSR count). The zero-order valence-electron chi connectivity index (χ0n) is 11.8. The van der Waals surface area contributed by atoms with Crippen molar-refractivity contribution >= 4 is 11.8 Å². The van der Waals surface area contributed by atoms with Gasteiger partial charge < -0.3 is 18.9 Å². The van der Waals surface area contributed by atoms with E-state index in [0.29, 0.717) is 12.5 Å². The summed E-state index contributed by atoms with van der Waals surface area (Å²) in [5.41, 5.74) is 0.162. The van der Waals surface area contributed by atoms with Crippen molar-refractivity contribution in [2.75, 3.05) is 19.5 Å². The second kappa shape index (κ2) is 5.67. The summed E-state index contributed by atoms with van der Waals surface area (Å²) in [6, 6.07) is 0. The summed E-state index contributed by atoms with van der Waals surface area (Å²) < 4.78 is 23.4. The highest BCUT2D eigenvalue weighted by molar-refractivity contribution is 7.99. The standard InChI is InChI=1S/C13H24O4S/c1-6-18-12-8(2)10(14-5)11-9(16-12)7-15-13(3,4)17-11/h8-12H,6-7H2,1-5H3/t8?,9?,10-,11+,12?/m0/s1. The first-order chi connectivity index (χ1) is 8.48. The highest BCUT2D eigenvalue weighted by atomic mass is 32.2. The van der Waals surface area contributed by atoms with Crippen molar-refractivity contribution in [2.24, 2.45) is 5.92 Å². The molecular weight excluding hydrogens is 252 g/mol. The first kappa shape index (κ1) is 14.6. The Bertz CT molecular complexity index is 284. The third-order valence-corrected chi connectivity index (χ3v) is 4.77. The molecule has 0 spiro atoms. The molecule has 0 aliphatic carbocycles. The van der Waals surface area contributed by atoms with Gasteiger partial charge in [-0.25, -0.2) is 0 Å². The van der Waals surface area contributed by atoms with Crippen LogP contribution in [0.4, 0.5) is 0 Å². The Labute approximate surface area is 114 Å². The Balaban J connectivity index is 2.12. The maximum atomic E-state index is 6.10. The molecule has 2 aliphatic rings. The molecule has 0 N–H and O–H groups in total. The van der Waals surface area contributed by atoms with E-state index in [1.54, 1.807) is 7.11 Å². The number of rotatable bonds is 3. The Morgan fingerprint density at radius 3 is 2.72 bits per heavy atom. The van der Waals surface area contributed by atoms with Crippen LogP contribution in [0.3, 0.4) is 0 Å². The van der Waals surface area contributed by atoms with E-state index in [4.69, 9.17) is 18.9 Å². The largest absolute Gasteiger partial charge is 0.378 e. The van der Waals surface area contributed by atoms with Gasteiger partial charge in [-0.15, -0.1) is 11.8 Å². The molecule has 2 saturated heterocycles. The lowest BCUT2D eigenvalue weighted by molar-refractivity contribution is -0.347. The second-order valence-electron chi connectivity index (χ2n) is 5.35. The smallest absolute Gasteiger partial charge is 0.163 e. The highest BCUT2D eigenvalue weighted by Gasteiger charge is 2.49. The monoisotopic (exact) mass is 276 g/mol. The average Bonchev–Trinajstić information content (AvgIpc) is 2.30. The molecule has 0 saturated carbocycles. The maximum absolute atomic E-state index is 6.10. The van der Waals surface area contributed by atoms with E-state index in [-0.39, 0.29) is 23.7 Å². The van der Waals surface area contributed by atoms with Crippen LogP contribution < -0.4 is 0 Å². The van der Waals surface area contributed by atoms with Crippen LogP contribution in [0.5, 0.6) is 0 Å². The summed E-state index contributed by atoms with van der Waals surface area (Å²) in [6.45, 7) is 8.77. The van der Waals surface area contributed by atoms with Gasteiger partial charge in [0.15, 0.2) is 5.79 Å². The predicted octanol–water partition coefficient (Wildman–Crippen LogP) is 2.27. The molecule has 2 heterocycles. The van der Waals surface area contributed by atoms with E-state index in [0.717, 1.165) is 5.75 Å². The maximum Gasteiger partial charge on any atom is 0.163 e. The third-order valence-electron chi connectivity index (χ3n) is 3.56. The van der Waals surface area contributed by atoms with Gasteiger partial charge in [0.05, 0.1) is 12.7 Å². The van der Waals surface area contributed by atoms with Crippen LogP contribution >= 0.6 is 11.8 Å². The number of hydrogen-bond acceptors (Lipinski definition) is 5. The molecule has 106 valence electrons. The lowest BCUT2D eigenvalue weighted by Gasteiger charge is -2.50. The van der Waals surface area contributed by atoms with Gasteiger partial charge in [-0.1, -0.05) is 13.8 Å². The number of ether oxygens (including phenoxy) is 4. The summed E-state index contributed by atoms with van der Waals surface area (Å²) in [4.78, 5) is 0. The molecule has 0 aromatic heterocycles. The topological polar surface area (TPSA) is 36.9 Å². The minimum absolute atomic E-state index is 0.0248. The summed E-state index contributed by atoms with van der Waals surface area (Å²) >= 11 is 1.82. The Morgan fingerprint density at radius 1 is 1.39 bits per heavy atom. The first-order valence-electron chi connectivity index (χ1n) is 6.60. The van der Waals surface area contributed by atoms with Crippen LogP contribution in [0, 0.1) is 5.92 Å². The van der Waals surface area contributed by atoms with Gasteiger partial charge in [0, 0.05) is 13.0 Å². The number of thioether (sulfide) groups is 1. The van der Waals surface area contributed by atoms with Crippen molar-refractivity contribution < 1.29 is 18.9 Å². The summed E-state index contributed by atoms with van der Waals surface area (Å²) in [5, 5.41) is 0. The Morgan fingerprint density at radius 2 is 2.11 bits per heavy atom. The zero-order chi connectivity index (χ0) is 13.3. The van der Waals surface area contributed by atoms with E-state index in [9.17, 15) is 0 Å². The van der Waals surface area contributed by atoms with Crippen LogP contribution in [0.1, 0.15) is 27.7 Å². The normalized spacial score (nSPS) is 43.5. The average molecular weight is 276 g/mol. The molecule has 4 nitrogen and oxygen atoms in total. The Kier molecular flexibility index (Phi) is 4.60. The minimum atomic E-state index is -0.550. The molecular formula is C13H24O4S. The second-order valence-corrected chi connectivity index (χ2v) is 6.73. The highest BCUT2D eigenvalue weighted by Crippen LogP contribution is 2.39. The van der Waals surface area contributed by atoms with Gasteiger partial charge in [-0.3, -0.25) is 0 Å². The van der Waals surface area contributed by atoms with E-state index in [2.05, 4.69) is 13.8 Å². The SMILES string of the molecule is CCSC1OC2COC(C)(C)O[C@H]2[C@@H](OC)C1C. The van der Waals surface area contributed by atoms with Crippen molar-refractivity contribution in [2.45, 2.75) is 57.2 Å².